The first kappa shape index (κ1) is 21.0. The van der Waals surface area contributed by atoms with Gasteiger partial charge in [-0.3, -0.25) is 4.79 Å². The van der Waals surface area contributed by atoms with Crippen LogP contribution in [0.15, 0.2) is 30.3 Å². The van der Waals surface area contributed by atoms with Gasteiger partial charge in [0.25, 0.3) is 0 Å². The maximum atomic E-state index is 11.9. The smallest absolute Gasteiger partial charge is 0.313 e. The summed E-state index contributed by atoms with van der Waals surface area (Å²) in [5.74, 6) is 0.0997. The molecule has 0 amide bonds. The normalized spacial score (nSPS) is 20.5. The van der Waals surface area contributed by atoms with Gasteiger partial charge in [0.2, 0.25) is 0 Å². The van der Waals surface area contributed by atoms with Gasteiger partial charge in [-0.25, -0.2) is 0 Å². The monoisotopic (exact) mass is 360 g/mol. The molecule has 0 saturated carbocycles. The van der Waals surface area contributed by atoms with Gasteiger partial charge in [0, 0.05) is 6.42 Å². The topological polar surface area (TPSA) is 35.5 Å². The van der Waals surface area contributed by atoms with E-state index >= 15 is 0 Å². The SMILES string of the molecule is CCCCCC[C@@H]1C(=O)O[C@H]1C[C@@H](CCCCC)OCc1ccccc1. The molecule has 0 bridgehead atoms. The van der Waals surface area contributed by atoms with Crippen LogP contribution in [0.25, 0.3) is 0 Å². The second-order valence-corrected chi connectivity index (χ2v) is 7.58. The zero-order valence-electron chi connectivity index (χ0n) is 16.6. The number of unbranched alkanes of at least 4 members (excludes halogenated alkanes) is 5. The molecule has 0 aliphatic carbocycles. The number of benzene rings is 1. The van der Waals surface area contributed by atoms with E-state index in [0.717, 1.165) is 25.7 Å². The van der Waals surface area contributed by atoms with Gasteiger partial charge in [0.05, 0.1) is 18.6 Å². The molecule has 1 aliphatic rings. The second-order valence-electron chi connectivity index (χ2n) is 7.58. The Labute approximate surface area is 159 Å². The fourth-order valence-electron chi connectivity index (χ4n) is 3.64. The van der Waals surface area contributed by atoms with Crippen molar-refractivity contribution in [2.24, 2.45) is 5.92 Å². The average Bonchev–Trinajstić information content (AvgIpc) is 2.66. The standard InChI is InChI=1S/C23H36O3/c1-3-5-7-12-16-21-22(26-23(21)24)17-20(15-9-6-4-2)25-18-19-13-10-8-11-14-19/h8,10-11,13-14,20-22H,3-7,9,12,15-18H2,1-2H3/t20-,21+,22+/m1/s1. The lowest BCUT2D eigenvalue weighted by Crippen LogP contribution is -2.47. The predicted octanol–water partition coefficient (Wildman–Crippen LogP) is 6.05. The third kappa shape index (κ3) is 7.11. The lowest BCUT2D eigenvalue weighted by Gasteiger charge is -2.37. The van der Waals surface area contributed by atoms with Crippen molar-refractivity contribution in [3.8, 4) is 0 Å². The van der Waals surface area contributed by atoms with Gasteiger partial charge < -0.3 is 9.47 Å². The van der Waals surface area contributed by atoms with E-state index in [2.05, 4.69) is 26.0 Å². The molecule has 0 N–H and O–H groups in total. The summed E-state index contributed by atoms with van der Waals surface area (Å²) < 4.78 is 11.7. The minimum absolute atomic E-state index is 0.00173. The van der Waals surface area contributed by atoms with Crippen molar-refractivity contribution in [2.75, 3.05) is 0 Å². The van der Waals surface area contributed by atoms with Crippen LogP contribution in [0.5, 0.6) is 0 Å². The van der Waals surface area contributed by atoms with Gasteiger partial charge in [-0.1, -0.05) is 89.1 Å². The number of ether oxygens (including phenoxy) is 2. The molecule has 1 aromatic carbocycles. The summed E-state index contributed by atoms with van der Waals surface area (Å²) in [6, 6.07) is 10.3. The minimum Gasteiger partial charge on any atom is -0.461 e. The molecule has 26 heavy (non-hydrogen) atoms. The van der Waals surface area contributed by atoms with Crippen LogP contribution in [0.4, 0.5) is 0 Å². The number of rotatable bonds is 14. The molecule has 1 saturated heterocycles. The fraction of sp³-hybridized carbons (Fsp3) is 0.696. The minimum atomic E-state index is 0.00173. The molecular weight excluding hydrogens is 324 g/mol. The average molecular weight is 361 g/mol. The number of hydrogen-bond acceptors (Lipinski definition) is 3. The van der Waals surface area contributed by atoms with Crippen molar-refractivity contribution < 1.29 is 14.3 Å². The molecule has 2 rings (SSSR count). The van der Waals surface area contributed by atoms with Crippen LogP contribution in [-0.2, 0) is 20.9 Å². The molecular formula is C23H36O3. The van der Waals surface area contributed by atoms with Gasteiger partial charge in [0.15, 0.2) is 0 Å². The predicted molar refractivity (Wildman–Crippen MR) is 106 cm³/mol. The van der Waals surface area contributed by atoms with E-state index in [-0.39, 0.29) is 24.1 Å². The highest BCUT2D eigenvalue weighted by molar-refractivity contribution is 5.78. The summed E-state index contributed by atoms with van der Waals surface area (Å²) in [6.45, 7) is 5.07. The molecule has 3 heteroatoms. The van der Waals surface area contributed by atoms with Gasteiger partial charge in [-0.2, -0.15) is 0 Å². The zero-order valence-corrected chi connectivity index (χ0v) is 16.6. The molecule has 1 heterocycles. The van der Waals surface area contributed by atoms with E-state index in [4.69, 9.17) is 9.47 Å². The summed E-state index contributed by atoms with van der Waals surface area (Å²) in [5, 5.41) is 0. The van der Waals surface area contributed by atoms with Crippen molar-refractivity contribution in [1.29, 1.82) is 0 Å². The fourth-order valence-corrected chi connectivity index (χ4v) is 3.64. The van der Waals surface area contributed by atoms with Crippen LogP contribution in [0.3, 0.4) is 0 Å². The highest BCUT2D eigenvalue weighted by Gasteiger charge is 2.42. The summed E-state index contributed by atoms with van der Waals surface area (Å²) in [7, 11) is 0. The summed E-state index contributed by atoms with van der Waals surface area (Å²) in [6.07, 6.45) is 11.6. The van der Waals surface area contributed by atoms with E-state index in [1.165, 1.54) is 44.1 Å². The molecule has 0 aromatic heterocycles. The van der Waals surface area contributed by atoms with E-state index in [1.54, 1.807) is 0 Å². The molecule has 3 atom stereocenters. The molecule has 3 nitrogen and oxygen atoms in total. The lowest BCUT2D eigenvalue weighted by molar-refractivity contribution is -0.190. The largest absolute Gasteiger partial charge is 0.461 e. The number of carbonyl (C=O) groups is 1. The molecule has 0 unspecified atom stereocenters. The first-order chi connectivity index (χ1) is 12.7. The summed E-state index contributed by atoms with van der Waals surface area (Å²) >= 11 is 0. The Balaban J connectivity index is 1.81. The molecule has 0 spiro atoms. The molecule has 0 radical (unpaired) electrons. The van der Waals surface area contributed by atoms with Crippen molar-refractivity contribution in [2.45, 2.75) is 96.9 Å². The van der Waals surface area contributed by atoms with Crippen LogP contribution in [-0.4, -0.2) is 18.2 Å². The summed E-state index contributed by atoms with van der Waals surface area (Å²) in [5.41, 5.74) is 1.20. The molecule has 146 valence electrons. The molecule has 1 aliphatic heterocycles. The van der Waals surface area contributed by atoms with Gasteiger partial charge in [0.1, 0.15) is 6.10 Å². The quantitative estimate of drug-likeness (QED) is 0.299. The van der Waals surface area contributed by atoms with Crippen LogP contribution in [0.1, 0.15) is 83.6 Å². The lowest BCUT2D eigenvalue weighted by atomic mass is 9.86. The Morgan fingerprint density at radius 1 is 1.00 bits per heavy atom. The zero-order chi connectivity index (χ0) is 18.6. The van der Waals surface area contributed by atoms with E-state index in [9.17, 15) is 4.79 Å². The second kappa shape index (κ2) is 12.1. The van der Waals surface area contributed by atoms with Crippen LogP contribution < -0.4 is 0 Å². The van der Waals surface area contributed by atoms with E-state index < -0.39 is 0 Å². The Kier molecular flexibility index (Phi) is 9.76. The van der Waals surface area contributed by atoms with Crippen molar-refractivity contribution in [3.63, 3.8) is 0 Å². The highest BCUT2D eigenvalue weighted by Crippen LogP contribution is 2.32. The van der Waals surface area contributed by atoms with Crippen molar-refractivity contribution in [3.05, 3.63) is 35.9 Å². The molecule has 1 aromatic rings. The highest BCUT2D eigenvalue weighted by atomic mass is 16.6. The third-order valence-corrected chi connectivity index (χ3v) is 5.34. The maximum Gasteiger partial charge on any atom is 0.313 e. The Bertz CT molecular complexity index is 499. The molecule has 1 fully saturated rings. The van der Waals surface area contributed by atoms with Crippen molar-refractivity contribution in [1.82, 2.24) is 0 Å². The van der Waals surface area contributed by atoms with Crippen molar-refractivity contribution >= 4 is 5.97 Å². The third-order valence-electron chi connectivity index (χ3n) is 5.34. The van der Waals surface area contributed by atoms with Crippen LogP contribution in [0.2, 0.25) is 0 Å². The van der Waals surface area contributed by atoms with Crippen LogP contribution in [0, 0.1) is 5.92 Å². The first-order valence-electron chi connectivity index (χ1n) is 10.6. The number of carbonyl (C=O) groups excluding carboxylic acids is 1. The number of esters is 1. The number of hydrogen-bond donors (Lipinski definition) is 0. The Morgan fingerprint density at radius 3 is 2.42 bits per heavy atom. The Morgan fingerprint density at radius 2 is 1.73 bits per heavy atom. The maximum absolute atomic E-state index is 11.9. The first-order valence-corrected chi connectivity index (χ1v) is 10.6. The van der Waals surface area contributed by atoms with E-state index in [1.807, 2.05) is 18.2 Å². The van der Waals surface area contributed by atoms with Gasteiger partial charge >= 0.3 is 5.97 Å². The Hall–Kier alpha value is -1.35. The van der Waals surface area contributed by atoms with E-state index in [0.29, 0.717) is 6.61 Å². The number of cyclic esters (lactones) is 1. The summed E-state index contributed by atoms with van der Waals surface area (Å²) in [4.78, 5) is 11.9. The van der Waals surface area contributed by atoms with Gasteiger partial charge in [-0.05, 0) is 18.4 Å². The van der Waals surface area contributed by atoms with Crippen LogP contribution >= 0.6 is 0 Å². The van der Waals surface area contributed by atoms with Gasteiger partial charge in [-0.15, -0.1) is 0 Å².